The summed E-state index contributed by atoms with van der Waals surface area (Å²) < 4.78 is 15.9. The van der Waals surface area contributed by atoms with Crippen LogP contribution in [0.2, 0.25) is 0 Å². The van der Waals surface area contributed by atoms with Crippen molar-refractivity contribution in [2.75, 3.05) is 54.5 Å². The average molecular weight is 466 g/mol. The minimum absolute atomic E-state index is 0.0177. The standard InChI is InChI=1S/C21H30N4O8/c1-13-10-15(31-4)18(16(11-13)32-5)33-21(30)25(3)9-8-24(2)19(27)14(20(28)29)12-17(26)23-7-6-22/h10-12H,6-9,22H2,1-5H3,(H,23,26)(H,28,29). The average Bonchev–Trinajstić information content (AvgIpc) is 2.79. The third-order valence-corrected chi connectivity index (χ3v) is 4.40. The van der Waals surface area contributed by atoms with Crippen molar-refractivity contribution in [2.24, 2.45) is 5.73 Å². The van der Waals surface area contributed by atoms with E-state index in [1.165, 1.54) is 33.2 Å². The minimum atomic E-state index is -1.55. The lowest BCUT2D eigenvalue weighted by Gasteiger charge is -2.23. The molecule has 0 aliphatic heterocycles. The largest absolute Gasteiger partial charge is 0.493 e. The molecule has 3 amide bonds. The molecule has 0 saturated heterocycles. The number of carboxylic acid groups (broad SMARTS) is 1. The van der Waals surface area contributed by atoms with Crippen LogP contribution in [-0.4, -0.2) is 93.3 Å². The van der Waals surface area contributed by atoms with Crippen LogP contribution in [0.5, 0.6) is 17.2 Å². The Labute approximate surface area is 191 Å². The summed E-state index contributed by atoms with van der Waals surface area (Å²) in [6.07, 6.45) is -0.0449. The van der Waals surface area contributed by atoms with Gasteiger partial charge in [-0.1, -0.05) is 0 Å². The summed E-state index contributed by atoms with van der Waals surface area (Å²) in [5, 5.41) is 11.6. The van der Waals surface area contributed by atoms with E-state index in [1.807, 2.05) is 6.92 Å². The van der Waals surface area contributed by atoms with Crippen LogP contribution in [0.15, 0.2) is 23.8 Å². The molecule has 0 radical (unpaired) electrons. The lowest BCUT2D eigenvalue weighted by atomic mass is 10.2. The maximum atomic E-state index is 12.5. The van der Waals surface area contributed by atoms with Crippen molar-refractivity contribution >= 4 is 23.9 Å². The molecule has 0 heterocycles. The fourth-order valence-electron chi connectivity index (χ4n) is 2.57. The van der Waals surface area contributed by atoms with Gasteiger partial charge in [0.25, 0.3) is 5.91 Å². The Morgan fingerprint density at radius 1 is 1.06 bits per heavy atom. The highest BCUT2D eigenvalue weighted by Gasteiger charge is 2.24. The number of hydrogen-bond donors (Lipinski definition) is 3. The number of nitrogens with one attached hydrogen (secondary N) is 1. The number of benzene rings is 1. The summed E-state index contributed by atoms with van der Waals surface area (Å²) in [6, 6.07) is 3.36. The van der Waals surface area contributed by atoms with Crippen LogP contribution in [0.1, 0.15) is 5.56 Å². The third-order valence-electron chi connectivity index (χ3n) is 4.40. The van der Waals surface area contributed by atoms with Crippen LogP contribution in [0.4, 0.5) is 4.79 Å². The number of amides is 3. The first-order valence-corrected chi connectivity index (χ1v) is 9.89. The topological polar surface area (TPSA) is 161 Å². The monoisotopic (exact) mass is 466 g/mol. The molecule has 0 aliphatic rings. The molecule has 33 heavy (non-hydrogen) atoms. The summed E-state index contributed by atoms with van der Waals surface area (Å²) >= 11 is 0. The maximum Gasteiger partial charge on any atom is 0.415 e. The van der Waals surface area contributed by atoms with Gasteiger partial charge in [0.1, 0.15) is 5.57 Å². The second-order valence-corrected chi connectivity index (χ2v) is 6.96. The number of nitrogens with zero attached hydrogens (tertiary/aromatic N) is 2. The zero-order valence-electron chi connectivity index (χ0n) is 19.3. The summed E-state index contributed by atoms with van der Waals surface area (Å²) in [6.45, 7) is 2.12. The van der Waals surface area contributed by atoms with Gasteiger partial charge in [-0.15, -0.1) is 0 Å². The van der Waals surface area contributed by atoms with Crippen molar-refractivity contribution in [3.8, 4) is 17.2 Å². The number of methoxy groups -OCH3 is 2. The van der Waals surface area contributed by atoms with Gasteiger partial charge in [-0.3, -0.25) is 9.59 Å². The molecule has 0 saturated carbocycles. The molecule has 1 aromatic rings. The van der Waals surface area contributed by atoms with Gasteiger partial charge in [0.05, 0.1) is 14.2 Å². The summed E-state index contributed by atoms with van der Waals surface area (Å²) in [7, 11) is 5.66. The van der Waals surface area contributed by atoms with E-state index in [0.717, 1.165) is 10.5 Å². The molecule has 0 unspecified atom stereocenters. The predicted octanol–water partition coefficient (Wildman–Crippen LogP) is -0.0129. The maximum absolute atomic E-state index is 12.5. The van der Waals surface area contributed by atoms with Gasteiger partial charge in [0, 0.05) is 46.4 Å². The first kappa shape index (κ1) is 27.2. The number of aryl methyl sites for hydroxylation is 1. The minimum Gasteiger partial charge on any atom is -0.493 e. The summed E-state index contributed by atoms with van der Waals surface area (Å²) in [5.41, 5.74) is 5.40. The molecule has 4 N–H and O–H groups in total. The number of carboxylic acids is 1. The summed E-state index contributed by atoms with van der Waals surface area (Å²) in [4.78, 5) is 50.4. The van der Waals surface area contributed by atoms with E-state index in [9.17, 15) is 24.3 Å². The number of ether oxygens (including phenoxy) is 3. The molecule has 12 heteroatoms. The molecule has 1 aromatic carbocycles. The predicted molar refractivity (Wildman–Crippen MR) is 118 cm³/mol. The third kappa shape index (κ3) is 8.00. The molecule has 0 aliphatic carbocycles. The Morgan fingerprint density at radius 2 is 1.61 bits per heavy atom. The van der Waals surface area contributed by atoms with Gasteiger partial charge in [0.15, 0.2) is 11.5 Å². The quantitative estimate of drug-likeness (QED) is 0.231. The first-order valence-electron chi connectivity index (χ1n) is 9.89. The van der Waals surface area contributed by atoms with E-state index in [1.54, 1.807) is 12.1 Å². The van der Waals surface area contributed by atoms with Gasteiger partial charge < -0.3 is 40.2 Å². The van der Waals surface area contributed by atoms with Gasteiger partial charge in [0.2, 0.25) is 11.7 Å². The lowest BCUT2D eigenvalue weighted by molar-refractivity contribution is -0.137. The van der Waals surface area contributed by atoms with E-state index in [4.69, 9.17) is 19.9 Å². The van der Waals surface area contributed by atoms with E-state index in [2.05, 4.69) is 5.32 Å². The zero-order chi connectivity index (χ0) is 25.1. The Kier molecular flexibility index (Phi) is 10.7. The fourth-order valence-corrected chi connectivity index (χ4v) is 2.57. The number of nitrogens with two attached hydrogens (primary N) is 1. The SMILES string of the molecule is COc1cc(C)cc(OC)c1OC(=O)N(C)CCN(C)C(=O)C(=CC(=O)NCCN)C(=O)O. The molecular weight excluding hydrogens is 436 g/mol. The molecular formula is C21H30N4O8. The second kappa shape index (κ2) is 12.9. The van der Waals surface area contributed by atoms with Crippen LogP contribution in [0.3, 0.4) is 0 Å². The Hall–Kier alpha value is -3.80. The molecule has 0 aromatic heterocycles. The smallest absolute Gasteiger partial charge is 0.415 e. The first-order chi connectivity index (χ1) is 15.5. The molecule has 12 nitrogen and oxygen atoms in total. The highest BCUT2D eigenvalue weighted by molar-refractivity contribution is 6.18. The lowest BCUT2D eigenvalue weighted by Crippen LogP contribution is -2.40. The van der Waals surface area contributed by atoms with Crippen molar-refractivity contribution < 1.29 is 38.5 Å². The highest BCUT2D eigenvalue weighted by atomic mass is 16.6. The molecule has 0 spiro atoms. The normalized spacial score (nSPS) is 10.8. The van der Waals surface area contributed by atoms with Crippen LogP contribution in [-0.2, 0) is 14.4 Å². The van der Waals surface area contributed by atoms with E-state index >= 15 is 0 Å². The Bertz CT molecular complexity index is 891. The fraction of sp³-hybridized carbons (Fsp3) is 0.429. The number of likely N-dealkylation sites (N-methyl/N-ethyl adjacent to an activating group) is 2. The molecule has 0 bridgehead atoms. The Balaban J connectivity index is 2.83. The van der Waals surface area contributed by atoms with Gasteiger partial charge in [-0.25, -0.2) is 9.59 Å². The van der Waals surface area contributed by atoms with E-state index in [-0.39, 0.29) is 31.9 Å². The molecule has 0 atom stereocenters. The summed E-state index contributed by atoms with van der Waals surface area (Å²) in [5.74, 6) is -2.47. The van der Waals surface area contributed by atoms with Crippen molar-refractivity contribution in [2.45, 2.75) is 6.92 Å². The highest BCUT2D eigenvalue weighted by Crippen LogP contribution is 2.38. The zero-order valence-corrected chi connectivity index (χ0v) is 19.3. The van der Waals surface area contributed by atoms with Gasteiger partial charge >= 0.3 is 12.1 Å². The van der Waals surface area contributed by atoms with Crippen molar-refractivity contribution in [3.63, 3.8) is 0 Å². The van der Waals surface area contributed by atoms with Crippen molar-refractivity contribution in [1.82, 2.24) is 15.1 Å². The molecule has 1 rings (SSSR count). The van der Waals surface area contributed by atoms with Crippen LogP contribution < -0.4 is 25.3 Å². The van der Waals surface area contributed by atoms with Crippen LogP contribution in [0.25, 0.3) is 0 Å². The van der Waals surface area contributed by atoms with Gasteiger partial charge in [-0.2, -0.15) is 0 Å². The number of carbonyl (C=O) groups excluding carboxylic acids is 3. The Morgan fingerprint density at radius 3 is 2.09 bits per heavy atom. The van der Waals surface area contributed by atoms with Gasteiger partial charge in [-0.05, 0) is 24.6 Å². The number of hydrogen-bond acceptors (Lipinski definition) is 8. The molecule has 182 valence electrons. The number of rotatable bonds is 11. The second-order valence-electron chi connectivity index (χ2n) is 6.96. The number of carbonyl (C=O) groups is 4. The van der Waals surface area contributed by atoms with Crippen LogP contribution in [0, 0.1) is 6.92 Å². The van der Waals surface area contributed by atoms with Crippen LogP contribution >= 0.6 is 0 Å². The van der Waals surface area contributed by atoms with E-state index in [0.29, 0.717) is 17.6 Å². The van der Waals surface area contributed by atoms with Crippen molar-refractivity contribution in [1.29, 1.82) is 0 Å². The molecule has 0 fully saturated rings. The number of aliphatic carboxylic acids is 1. The van der Waals surface area contributed by atoms with Crippen molar-refractivity contribution in [3.05, 3.63) is 29.3 Å². The van der Waals surface area contributed by atoms with E-state index < -0.39 is 29.5 Å².